The SMILES string of the molecule is CC(CN)(NC(=O)c1ccc(Oc2ccncc2)c(Cl)c1)C1CC1.Cl.Cl. The number of carbonyl (C=O) groups excluding carboxylic acids is 1. The standard InChI is InChI=1S/C18H20ClN3O2.2ClH/c1-18(11-20,13-3-4-13)22-17(23)12-2-5-16(15(19)10-12)24-14-6-8-21-9-7-14;;/h2,5-10,13H,3-4,11,20H2,1H3,(H,22,23);2*1H. The Morgan fingerprint density at radius 1 is 1.31 bits per heavy atom. The van der Waals surface area contributed by atoms with Crippen LogP contribution in [0.2, 0.25) is 5.02 Å². The molecule has 1 amide bonds. The zero-order valence-corrected chi connectivity index (χ0v) is 16.7. The van der Waals surface area contributed by atoms with Gasteiger partial charge >= 0.3 is 0 Å². The largest absolute Gasteiger partial charge is 0.456 e. The van der Waals surface area contributed by atoms with Crippen molar-refractivity contribution in [3.05, 3.63) is 53.3 Å². The number of halogens is 3. The maximum absolute atomic E-state index is 12.5. The molecule has 5 nitrogen and oxygen atoms in total. The molecule has 3 N–H and O–H groups in total. The lowest BCUT2D eigenvalue weighted by Gasteiger charge is -2.29. The molecule has 1 aromatic heterocycles. The van der Waals surface area contributed by atoms with Gasteiger partial charge in [0.15, 0.2) is 0 Å². The lowest BCUT2D eigenvalue weighted by Crippen LogP contribution is -2.53. The second-order valence-electron chi connectivity index (χ2n) is 6.28. The van der Waals surface area contributed by atoms with Crippen molar-refractivity contribution < 1.29 is 9.53 Å². The van der Waals surface area contributed by atoms with Gasteiger partial charge in [-0.15, -0.1) is 24.8 Å². The molecular formula is C18H22Cl3N3O2. The average Bonchev–Trinajstić information content (AvgIpc) is 3.43. The predicted molar refractivity (Wildman–Crippen MR) is 108 cm³/mol. The van der Waals surface area contributed by atoms with E-state index in [1.807, 2.05) is 6.92 Å². The van der Waals surface area contributed by atoms with Crippen LogP contribution in [-0.4, -0.2) is 23.0 Å². The number of benzene rings is 1. The minimum absolute atomic E-state index is 0. The Hall–Kier alpha value is -1.53. The smallest absolute Gasteiger partial charge is 0.251 e. The molecule has 0 spiro atoms. The predicted octanol–water partition coefficient (Wildman–Crippen LogP) is 4.23. The number of nitrogens with one attached hydrogen (secondary N) is 1. The van der Waals surface area contributed by atoms with Crippen molar-refractivity contribution in [1.82, 2.24) is 10.3 Å². The monoisotopic (exact) mass is 417 g/mol. The van der Waals surface area contributed by atoms with Gasteiger partial charge < -0.3 is 15.8 Å². The summed E-state index contributed by atoms with van der Waals surface area (Å²) in [4.78, 5) is 16.4. The Balaban J connectivity index is 0.00000169. The first-order chi connectivity index (χ1) is 11.5. The molecule has 1 aliphatic rings. The van der Waals surface area contributed by atoms with Gasteiger partial charge in [0.05, 0.1) is 10.6 Å². The van der Waals surface area contributed by atoms with E-state index in [1.54, 1.807) is 42.7 Å². The van der Waals surface area contributed by atoms with E-state index in [0.29, 0.717) is 34.5 Å². The first kappa shape index (κ1) is 22.5. The van der Waals surface area contributed by atoms with Crippen LogP contribution in [0.5, 0.6) is 11.5 Å². The summed E-state index contributed by atoms with van der Waals surface area (Å²) in [7, 11) is 0. The number of nitrogens with two attached hydrogens (primary N) is 1. The highest BCUT2D eigenvalue weighted by Gasteiger charge is 2.41. The first-order valence-electron chi connectivity index (χ1n) is 7.92. The molecule has 1 saturated carbocycles. The highest BCUT2D eigenvalue weighted by Crippen LogP contribution is 2.39. The molecule has 1 aromatic carbocycles. The Morgan fingerprint density at radius 2 is 1.96 bits per heavy atom. The molecule has 1 heterocycles. The topological polar surface area (TPSA) is 77.2 Å². The second-order valence-corrected chi connectivity index (χ2v) is 6.69. The fourth-order valence-corrected chi connectivity index (χ4v) is 2.85. The van der Waals surface area contributed by atoms with Gasteiger partial charge in [0.25, 0.3) is 5.91 Å². The lowest BCUT2D eigenvalue weighted by atomic mass is 9.95. The Kier molecular flexibility index (Phi) is 8.15. The fourth-order valence-electron chi connectivity index (χ4n) is 2.63. The van der Waals surface area contributed by atoms with E-state index in [4.69, 9.17) is 22.1 Å². The minimum atomic E-state index is -0.365. The molecule has 0 saturated heterocycles. The Bertz CT molecular complexity index is 742. The van der Waals surface area contributed by atoms with Gasteiger partial charge in [-0.1, -0.05) is 11.6 Å². The van der Waals surface area contributed by atoms with E-state index >= 15 is 0 Å². The van der Waals surface area contributed by atoms with Gasteiger partial charge in [-0.25, -0.2) is 0 Å². The zero-order chi connectivity index (χ0) is 17.2. The summed E-state index contributed by atoms with van der Waals surface area (Å²) in [5, 5.41) is 3.42. The molecule has 1 atom stereocenters. The average molecular weight is 419 g/mol. The quantitative estimate of drug-likeness (QED) is 0.736. The molecule has 142 valence electrons. The van der Waals surface area contributed by atoms with Gasteiger partial charge in [-0.05, 0) is 56.0 Å². The van der Waals surface area contributed by atoms with Crippen LogP contribution in [0, 0.1) is 5.92 Å². The van der Waals surface area contributed by atoms with Gasteiger partial charge in [0.1, 0.15) is 11.5 Å². The van der Waals surface area contributed by atoms with Crippen LogP contribution >= 0.6 is 36.4 Å². The molecule has 0 radical (unpaired) electrons. The first-order valence-corrected chi connectivity index (χ1v) is 8.29. The van der Waals surface area contributed by atoms with E-state index in [9.17, 15) is 4.79 Å². The van der Waals surface area contributed by atoms with Crippen molar-refractivity contribution in [1.29, 1.82) is 0 Å². The molecule has 0 aliphatic heterocycles. The highest BCUT2D eigenvalue weighted by atomic mass is 35.5. The van der Waals surface area contributed by atoms with Crippen LogP contribution in [0.15, 0.2) is 42.7 Å². The number of hydrogen-bond donors (Lipinski definition) is 2. The van der Waals surface area contributed by atoms with E-state index < -0.39 is 0 Å². The van der Waals surface area contributed by atoms with E-state index in [1.165, 1.54) is 0 Å². The third kappa shape index (κ3) is 5.24. The molecule has 0 bridgehead atoms. The van der Waals surface area contributed by atoms with Gasteiger partial charge in [-0.3, -0.25) is 9.78 Å². The van der Waals surface area contributed by atoms with Crippen molar-refractivity contribution in [3.63, 3.8) is 0 Å². The van der Waals surface area contributed by atoms with E-state index in [2.05, 4.69) is 10.3 Å². The number of amides is 1. The van der Waals surface area contributed by atoms with Crippen LogP contribution in [0.3, 0.4) is 0 Å². The highest BCUT2D eigenvalue weighted by molar-refractivity contribution is 6.32. The van der Waals surface area contributed by atoms with Gasteiger partial charge in [-0.2, -0.15) is 0 Å². The third-order valence-electron chi connectivity index (χ3n) is 4.37. The summed E-state index contributed by atoms with van der Waals surface area (Å²) >= 11 is 6.26. The number of ether oxygens (including phenoxy) is 1. The Morgan fingerprint density at radius 3 is 2.50 bits per heavy atom. The van der Waals surface area contributed by atoms with Crippen molar-refractivity contribution in [2.45, 2.75) is 25.3 Å². The number of carbonyl (C=O) groups is 1. The zero-order valence-electron chi connectivity index (χ0n) is 14.3. The molecular weight excluding hydrogens is 397 g/mol. The molecule has 1 fully saturated rings. The number of pyridine rings is 1. The number of hydrogen-bond acceptors (Lipinski definition) is 4. The van der Waals surface area contributed by atoms with Gasteiger partial charge in [0, 0.05) is 24.5 Å². The van der Waals surface area contributed by atoms with E-state index in [0.717, 1.165) is 12.8 Å². The number of rotatable bonds is 6. The summed E-state index contributed by atoms with van der Waals surface area (Å²) in [6, 6.07) is 8.46. The van der Waals surface area contributed by atoms with Gasteiger partial charge in [0.2, 0.25) is 0 Å². The maximum atomic E-state index is 12.5. The lowest BCUT2D eigenvalue weighted by molar-refractivity contribution is 0.0898. The van der Waals surface area contributed by atoms with Crippen molar-refractivity contribution in [3.8, 4) is 11.5 Å². The molecule has 3 rings (SSSR count). The van der Waals surface area contributed by atoms with Crippen LogP contribution in [0.1, 0.15) is 30.1 Å². The van der Waals surface area contributed by atoms with Crippen molar-refractivity contribution >= 4 is 42.3 Å². The number of nitrogens with zero attached hydrogens (tertiary/aromatic N) is 1. The summed E-state index contributed by atoms with van der Waals surface area (Å²) in [5.41, 5.74) is 5.97. The molecule has 26 heavy (non-hydrogen) atoms. The molecule has 1 aliphatic carbocycles. The summed E-state index contributed by atoms with van der Waals surface area (Å²) in [5.74, 6) is 1.40. The molecule has 2 aromatic rings. The molecule has 8 heteroatoms. The Labute approximate surface area is 170 Å². The van der Waals surface area contributed by atoms with Crippen LogP contribution in [0.4, 0.5) is 0 Å². The van der Waals surface area contributed by atoms with Crippen LogP contribution in [-0.2, 0) is 0 Å². The van der Waals surface area contributed by atoms with Crippen LogP contribution < -0.4 is 15.8 Å². The summed E-state index contributed by atoms with van der Waals surface area (Å²) in [6.07, 6.45) is 5.48. The van der Waals surface area contributed by atoms with Crippen molar-refractivity contribution in [2.75, 3.05) is 6.54 Å². The van der Waals surface area contributed by atoms with Crippen LogP contribution in [0.25, 0.3) is 0 Å². The van der Waals surface area contributed by atoms with Crippen molar-refractivity contribution in [2.24, 2.45) is 11.7 Å². The summed E-state index contributed by atoms with van der Waals surface area (Å²) in [6.45, 7) is 2.41. The minimum Gasteiger partial charge on any atom is -0.456 e. The second kappa shape index (κ2) is 9.42. The maximum Gasteiger partial charge on any atom is 0.251 e. The third-order valence-corrected chi connectivity index (χ3v) is 4.67. The normalized spacial score (nSPS) is 15.0. The summed E-state index contributed by atoms with van der Waals surface area (Å²) < 4.78 is 5.69. The fraction of sp³-hybridized carbons (Fsp3) is 0.333. The molecule has 1 unspecified atom stereocenters. The number of aromatic nitrogens is 1. The van der Waals surface area contributed by atoms with E-state index in [-0.39, 0.29) is 36.3 Å².